The molecule has 0 amide bonds. The highest BCUT2D eigenvalue weighted by molar-refractivity contribution is 6.18. The first-order valence-electron chi connectivity index (χ1n) is 16.6. The molecule has 3 heterocycles. The van der Waals surface area contributed by atoms with E-state index >= 15 is 0 Å². The van der Waals surface area contributed by atoms with Crippen LogP contribution in [0.5, 0.6) is 0 Å². The molecule has 2 saturated carbocycles. The number of aromatic nitrogens is 2. The Balaban J connectivity index is 1.55. The minimum Gasteiger partial charge on any atom is -0.462 e. The maximum absolute atomic E-state index is 13.7. The molecule has 7 atom stereocenters. The number of carbonyl (C=O) groups excluding carboxylic acids is 3. The van der Waals surface area contributed by atoms with Gasteiger partial charge in [0.05, 0.1) is 43.9 Å². The van der Waals surface area contributed by atoms with Gasteiger partial charge in [0.2, 0.25) is 5.95 Å². The summed E-state index contributed by atoms with van der Waals surface area (Å²) in [5.74, 6) is -1.24. The number of hydrogen-bond donors (Lipinski definition) is 4. The summed E-state index contributed by atoms with van der Waals surface area (Å²) >= 11 is 0. The van der Waals surface area contributed by atoms with Crippen LogP contribution in [0.25, 0.3) is 5.57 Å². The number of hydrogen-bond acceptors (Lipinski definition) is 13. The number of nitrogens with zero attached hydrogens (tertiary/aromatic N) is 4. The summed E-state index contributed by atoms with van der Waals surface area (Å²) in [4.78, 5) is 56.7. The number of aliphatic hydroxyl groups excluding tert-OH is 2. The molecule has 0 saturated heterocycles. The molecule has 258 valence electrons. The van der Waals surface area contributed by atoms with E-state index in [1.54, 1.807) is 20.1 Å². The van der Waals surface area contributed by atoms with Gasteiger partial charge in [-0.3, -0.25) is 9.79 Å². The number of rotatable bonds is 12. The van der Waals surface area contributed by atoms with E-state index in [0.29, 0.717) is 38.1 Å². The maximum atomic E-state index is 13.7. The Labute approximate surface area is 280 Å². The molecule has 0 radical (unpaired) electrons. The molecule has 2 aliphatic heterocycles. The second-order valence-corrected chi connectivity index (χ2v) is 13.7. The molecule has 1 aromatic heterocycles. The second kappa shape index (κ2) is 14.2. The van der Waals surface area contributed by atoms with Crippen molar-refractivity contribution >= 4 is 41.3 Å². The molecule has 4 aliphatic rings. The van der Waals surface area contributed by atoms with Crippen LogP contribution < -0.4 is 11.1 Å². The van der Waals surface area contributed by atoms with Gasteiger partial charge in [-0.25, -0.2) is 24.5 Å². The lowest BCUT2D eigenvalue weighted by molar-refractivity contribution is -0.153. The number of carbonyl (C=O) groups is 3. The van der Waals surface area contributed by atoms with Crippen LogP contribution in [-0.2, 0) is 23.9 Å². The standard InChI is InChI=1S/C35H46N6O7/c1-6-47-32(46)30(21-16-39-33(36)40-17-21)26-13-22(31(45)48-26)24(41-20(3)25(43)15-29-37-11-12-38-29)14-23-19(2)7-8-27-34(23,4)10-9-28(44)35(27,5)18-42/h11,13,16-17,20,23-24,27-28,41-42,44H,2,6-10,12,14-15,18H2,1,3-5H3,(H2,36,39,40)/b30-26-/t20?,23?,24?,27?,28-,34-,35+/m1/s1. The van der Waals surface area contributed by atoms with Crippen LogP contribution in [0.3, 0.4) is 0 Å². The molecular weight excluding hydrogens is 616 g/mol. The maximum Gasteiger partial charge on any atom is 0.342 e. The van der Waals surface area contributed by atoms with Crippen molar-refractivity contribution < 1.29 is 34.1 Å². The minimum absolute atomic E-state index is 0.00639. The summed E-state index contributed by atoms with van der Waals surface area (Å²) < 4.78 is 11.0. The van der Waals surface area contributed by atoms with E-state index in [9.17, 15) is 24.6 Å². The van der Waals surface area contributed by atoms with Crippen molar-refractivity contribution in [2.45, 2.75) is 84.4 Å². The molecular formula is C35H46N6O7. The third-order valence-electron chi connectivity index (χ3n) is 10.8. The van der Waals surface area contributed by atoms with Crippen molar-refractivity contribution in [1.29, 1.82) is 0 Å². The van der Waals surface area contributed by atoms with Crippen LogP contribution in [0.15, 0.2) is 51.9 Å². The topological polar surface area (TPSA) is 199 Å². The summed E-state index contributed by atoms with van der Waals surface area (Å²) in [5, 5.41) is 24.9. The predicted molar refractivity (Wildman–Crippen MR) is 179 cm³/mol. The van der Waals surface area contributed by atoms with Gasteiger partial charge >= 0.3 is 11.9 Å². The Morgan fingerprint density at radius 2 is 1.98 bits per heavy atom. The second-order valence-electron chi connectivity index (χ2n) is 13.7. The van der Waals surface area contributed by atoms with Crippen LogP contribution in [0.2, 0.25) is 0 Å². The number of Topliss-reactive ketones (excluding diaryl/α,β-unsaturated/α-hetero) is 1. The number of aliphatic imine (C=N–C) groups is 2. The van der Waals surface area contributed by atoms with Crippen LogP contribution >= 0.6 is 0 Å². The van der Waals surface area contributed by atoms with Gasteiger partial charge in [-0.1, -0.05) is 26.0 Å². The Bertz CT molecular complexity index is 1580. The SMILES string of the molecule is C=C1CCC2[C@](C)(CC[C@@H](O)[C@@]2(C)CO)C1CC(NC(C)C(=O)CC1=NCC=N1)C1=C/C(=C(/C(=O)OCC)c2cnc(N)nc2)OC1=O. The molecule has 2 aliphatic carbocycles. The molecule has 5 N–H and O–H groups in total. The molecule has 13 heteroatoms. The molecule has 1 aromatic rings. The zero-order valence-electron chi connectivity index (χ0n) is 28.1. The van der Waals surface area contributed by atoms with Gasteiger partial charge in [0.25, 0.3) is 0 Å². The highest BCUT2D eigenvalue weighted by Gasteiger charge is 2.58. The number of esters is 2. The molecule has 5 rings (SSSR count). The van der Waals surface area contributed by atoms with Crippen LogP contribution in [0.1, 0.15) is 71.8 Å². The van der Waals surface area contributed by atoms with Crippen molar-refractivity contribution in [1.82, 2.24) is 15.3 Å². The number of fused-ring (bicyclic) bond motifs is 1. The van der Waals surface area contributed by atoms with Gasteiger partial charge in [-0.2, -0.15) is 0 Å². The minimum atomic E-state index is -0.725. The number of nitrogens with one attached hydrogen (secondary N) is 1. The number of aliphatic hydroxyl groups is 2. The number of nitrogen functional groups attached to an aromatic ring is 1. The lowest BCUT2D eigenvalue weighted by atomic mass is 9.46. The number of nitrogens with two attached hydrogens (primary N) is 1. The smallest absolute Gasteiger partial charge is 0.342 e. The Morgan fingerprint density at radius 1 is 1.25 bits per heavy atom. The van der Waals surface area contributed by atoms with E-state index in [-0.39, 0.29) is 71.1 Å². The third-order valence-corrected chi connectivity index (χ3v) is 10.8. The van der Waals surface area contributed by atoms with Crippen LogP contribution in [0, 0.1) is 22.7 Å². The fourth-order valence-corrected chi connectivity index (χ4v) is 8.08. The zero-order chi connectivity index (χ0) is 34.8. The number of allylic oxidation sites excluding steroid dienone is 2. The summed E-state index contributed by atoms with van der Waals surface area (Å²) in [7, 11) is 0. The van der Waals surface area contributed by atoms with Gasteiger partial charge in [-0.05, 0) is 69.3 Å². The fraction of sp³-hybridized carbons (Fsp3) is 0.571. The van der Waals surface area contributed by atoms with Gasteiger partial charge in [0.15, 0.2) is 5.78 Å². The monoisotopic (exact) mass is 662 g/mol. The van der Waals surface area contributed by atoms with E-state index in [4.69, 9.17) is 15.2 Å². The quantitative estimate of drug-likeness (QED) is 0.146. The predicted octanol–water partition coefficient (Wildman–Crippen LogP) is 2.74. The number of anilines is 1. The van der Waals surface area contributed by atoms with Gasteiger partial charge in [-0.15, -0.1) is 0 Å². The summed E-state index contributed by atoms with van der Waals surface area (Å²) in [6.45, 7) is 12.4. The number of ether oxygens (including phenoxy) is 2. The van der Waals surface area contributed by atoms with E-state index in [1.807, 2.05) is 6.92 Å². The number of amidine groups is 1. The van der Waals surface area contributed by atoms with Crippen molar-refractivity contribution in [3.05, 3.63) is 47.5 Å². The van der Waals surface area contributed by atoms with Gasteiger partial charge in [0.1, 0.15) is 17.2 Å². The molecule has 0 bridgehead atoms. The van der Waals surface area contributed by atoms with Crippen molar-refractivity contribution in [3.63, 3.8) is 0 Å². The summed E-state index contributed by atoms with van der Waals surface area (Å²) in [5.41, 5.74) is 6.10. The molecule has 0 spiro atoms. The average molecular weight is 663 g/mol. The first kappa shape index (κ1) is 35.2. The normalized spacial score (nSPS) is 30.6. The molecule has 13 nitrogen and oxygen atoms in total. The first-order valence-corrected chi connectivity index (χ1v) is 16.6. The summed E-state index contributed by atoms with van der Waals surface area (Å²) in [6, 6.07) is -1.39. The van der Waals surface area contributed by atoms with Gasteiger partial charge < -0.3 is 30.7 Å². The highest BCUT2D eigenvalue weighted by atomic mass is 16.6. The van der Waals surface area contributed by atoms with Crippen LogP contribution in [-0.4, -0.2) is 87.9 Å². The lowest BCUT2D eigenvalue weighted by Crippen LogP contribution is -2.58. The van der Waals surface area contributed by atoms with Gasteiger partial charge in [0, 0.05) is 35.6 Å². The average Bonchev–Trinajstić information content (AvgIpc) is 3.71. The Hall–Kier alpha value is -4.07. The lowest BCUT2D eigenvalue weighted by Gasteiger charge is -2.60. The summed E-state index contributed by atoms with van der Waals surface area (Å²) in [6.07, 6.45) is 8.36. The van der Waals surface area contributed by atoms with E-state index in [1.165, 1.54) is 18.5 Å². The molecule has 0 aromatic carbocycles. The Morgan fingerprint density at radius 3 is 2.62 bits per heavy atom. The highest BCUT2D eigenvalue weighted by Crippen LogP contribution is 2.62. The first-order chi connectivity index (χ1) is 22.8. The molecule has 4 unspecified atom stereocenters. The van der Waals surface area contributed by atoms with Crippen molar-refractivity contribution in [2.75, 3.05) is 25.5 Å². The number of cyclic esters (lactones) is 1. The Kier molecular flexibility index (Phi) is 10.4. The van der Waals surface area contributed by atoms with Crippen molar-refractivity contribution in [3.8, 4) is 0 Å². The van der Waals surface area contributed by atoms with E-state index in [0.717, 1.165) is 12.0 Å². The number of ketones is 1. The van der Waals surface area contributed by atoms with Crippen molar-refractivity contribution in [2.24, 2.45) is 32.7 Å². The third kappa shape index (κ3) is 6.76. The van der Waals surface area contributed by atoms with E-state index in [2.05, 4.69) is 38.8 Å². The van der Waals surface area contributed by atoms with E-state index < -0.39 is 35.5 Å². The molecule has 48 heavy (non-hydrogen) atoms. The largest absolute Gasteiger partial charge is 0.462 e. The molecule has 2 fully saturated rings. The zero-order valence-corrected chi connectivity index (χ0v) is 28.1. The van der Waals surface area contributed by atoms with Crippen LogP contribution in [0.4, 0.5) is 5.95 Å². The fourth-order valence-electron chi connectivity index (χ4n) is 8.08.